The molecule has 0 aliphatic carbocycles. The van der Waals surface area contributed by atoms with Gasteiger partial charge in [-0.2, -0.15) is 9.97 Å². The third-order valence-electron chi connectivity index (χ3n) is 0.621. The van der Waals surface area contributed by atoms with Gasteiger partial charge in [-0.3, -0.25) is 0 Å². The standard InChI is InChI=1S/C4H3N4O2/c5-3(9)10-4-7-1-6-2-8-4/h1H,(H2,5,9). The number of nitrogens with zero attached hydrogens (tertiary/aromatic N) is 3. The van der Waals surface area contributed by atoms with E-state index in [2.05, 4.69) is 31.7 Å². The fourth-order valence-electron chi connectivity index (χ4n) is 0.344. The summed E-state index contributed by atoms with van der Waals surface area (Å²) in [5.41, 5.74) is 4.65. The van der Waals surface area contributed by atoms with Crippen molar-refractivity contribution in [1.29, 1.82) is 0 Å². The number of carbonyl (C=O) groups excluding carboxylic acids is 1. The van der Waals surface area contributed by atoms with Crippen molar-refractivity contribution in [2.24, 2.45) is 5.73 Å². The lowest BCUT2D eigenvalue weighted by molar-refractivity contribution is 0.206. The quantitative estimate of drug-likeness (QED) is 0.546. The monoisotopic (exact) mass is 139 g/mol. The summed E-state index contributed by atoms with van der Waals surface area (Å²) in [6.07, 6.45) is 2.36. The van der Waals surface area contributed by atoms with Crippen LogP contribution in [0, 0.1) is 6.33 Å². The van der Waals surface area contributed by atoms with Gasteiger partial charge in [-0.25, -0.2) is 9.78 Å². The van der Waals surface area contributed by atoms with Crippen molar-refractivity contribution in [3.8, 4) is 6.01 Å². The third-order valence-corrected chi connectivity index (χ3v) is 0.621. The smallest absolute Gasteiger partial charge is 0.374 e. The van der Waals surface area contributed by atoms with Crippen molar-refractivity contribution >= 4 is 6.09 Å². The molecule has 6 heteroatoms. The average molecular weight is 139 g/mol. The molecular formula is C4H3N4O2. The van der Waals surface area contributed by atoms with E-state index in [4.69, 9.17) is 0 Å². The van der Waals surface area contributed by atoms with Gasteiger partial charge in [0.2, 0.25) is 6.33 Å². The lowest BCUT2D eigenvalue weighted by atomic mass is 11.0. The van der Waals surface area contributed by atoms with Gasteiger partial charge in [0.1, 0.15) is 6.33 Å². The number of ether oxygens (including phenoxy) is 1. The number of rotatable bonds is 1. The van der Waals surface area contributed by atoms with Crippen LogP contribution in [-0.4, -0.2) is 21.0 Å². The SMILES string of the molecule is NC(=O)Oc1n[c]ncn1. The molecule has 1 heterocycles. The molecule has 0 fully saturated rings. The first-order valence-electron chi connectivity index (χ1n) is 2.31. The van der Waals surface area contributed by atoms with E-state index in [0.717, 1.165) is 6.33 Å². The molecule has 0 aliphatic heterocycles. The lowest BCUT2D eigenvalue weighted by Crippen LogP contribution is -2.17. The Kier molecular flexibility index (Phi) is 1.74. The second-order valence-corrected chi connectivity index (χ2v) is 1.29. The Labute approximate surface area is 56.1 Å². The van der Waals surface area contributed by atoms with Crippen molar-refractivity contribution in [3.63, 3.8) is 0 Å². The van der Waals surface area contributed by atoms with E-state index in [9.17, 15) is 4.79 Å². The van der Waals surface area contributed by atoms with E-state index in [1.54, 1.807) is 0 Å². The van der Waals surface area contributed by atoms with Crippen LogP contribution in [0.3, 0.4) is 0 Å². The van der Waals surface area contributed by atoms with E-state index < -0.39 is 6.09 Å². The molecule has 0 spiro atoms. The van der Waals surface area contributed by atoms with Crippen molar-refractivity contribution in [2.75, 3.05) is 0 Å². The largest absolute Gasteiger partial charge is 0.412 e. The van der Waals surface area contributed by atoms with Gasteiger partial charge in [-0.05, 0) is 0 Å². The van der Waals surface area contributed by atoms with Crippen molar-refractivity contribution in [1.82, 2.24) is 15.0 Å². The highest BCUT2D eigenvalue weighted by Gasteiger charge is 1.98. The molecule has 1 radical (unpaired) electrons. The van der Waals surface area contributed by atoms with E-state index >= 15 is 0 Å². The summed E-state index contributed by atoms with van der Waals surface area (Å²) >= 11 is 0. The van der Waals surface area contributed by atoms with Crippen LogP contribution < -0.4 is 10.5 Å². The van der Waals surface area contributed by atoms with E-state index in [-0.39, 0.29) is 6.01 Å². The molecule has 1 aromatic heterocycles. The van der Waals surface area contributed by atoms with Crippen molar-refractivity contribution in [3.05, 3.63) is 12.7 Å². The normalized spacial score (nSPS) is 8.80. The highest BCUT2D eigenvalue weighted by molar-refractivity contribution is 5.66. The zero-order valence-corrected chi connectivity index (χ0v) is 4.81. The highest BCUT2D eigenvalue weighted by Crippen LogP contribution is 1.93. The van der Waals surface area contributed by atoms with Crippen LogP contribution in [0.5, 0.6) is 6.01 Å². The van der Waals surface area contributed by atoms with Gasteiger partial charge in [0, 0.05) is 0 Å². The van der Waals surface area contributed by atoms with Crippen molar-refractivity contribution in [2.45, 2.75) is 0 Å². The summed E-state index contributed by atoms with van der Waals surface area (Å²) in [6, 6.07) is -0.150. The minimum atomic E-state index is -0.959. The molecule has 1 rings (SSSR count). The molecule has 0 unspecified atom stereocenters. The minimum absolute atomic E-state index is 0.150. The predicted molar refractivity (Wildman–Crippen MR) is 28.9 cm³/mol. The van der Waals surface area contributed by atoms with Gasteiger partial charge in [0.05, 0.1) is 0 Å². The first-order valence-corrected chi connectivity index (χ1v) is 2.31. The van der Waals surface area contributed by atoms with Gasteiger partial charge in [0.25, 0.3) is 0 Å². The molecule has 0 atom stereocenters. The fraction of sp³-hybridized carbons (Fsp3) is 0. The molecule has 0 aromatic carbocycles. The molecule has 0 aliphatic rings. The molecule has 6 nitrogen and oxygen atoms in total. The highest BCUT2D eigenvalue weighted by atomic mass is 16.6. The van der Waals surface area contributed by atoms with Crippen LogP contribution in [0.1, 0.15) is 0 Å². The average Bonchev–Trinajstić information content (AvgIpc) is 1.88. The van der Waals surface area contributed by atoms with Crippen LogP contribution in [0.2, 0.25) is 0 Å². The van der Waals surface area contributed by atoms with Gasteiger partial charge in [0.15, 0.2) is 0 Å². The molecule has 10 heavy (non-hydrogen) atoms. The van der Waals surface area contributed by atoms with Gasteiger partial charge in [-0.15, -0.1) is 0 Å². The van der Waals surface area contributed by atoms with E-state index in [0.29, 0.717) is 0 Å². The van der Waals surface area contributed by atoms with Crippen LogP contribution in [-0.2, 0) is 0 Å². The zero-order valence-electron chi connectivity index (χ0n) is 4.81. The second kappa shape index (κ2) is 2.72. The summed E-state index contributed by atoms with van der Waals surface area (Å²) in [7, 11) is 0. The van der Waals surface area contributed by atoms with Crippen LogP contribution in [0.4, 0.5) is 4.79 Å². The first kappa shape index (κ1) is 6.40. The molecule has 1 aromatic rings. The fourth-order valence-corrected chi connectivity index (χ4v) is 0.344. The lowest BCUT2D eigenvalue weighted by Gasteiger charge is -1.93. The Bertz CT molecular complexity index is 224. The van der Waals surface area contributed by atoms with Crippen LogP contribution in [0.15, 0.2) is 6.33 Å². The molecule has 51 valence electrons. The van der Waals surface area contributed by atoms with E-state index in [1.165, 1.54) is 0 Å². The Balaban J connectivity index is 2.67. The third kappa shape index (κ3) is 1.66. The minimum Gasteiger partial charge on any atom is -0.374 e. The van der Waals surface area contributed by atoms with Gasteiger partial charge in [-0.1, -0.05) is 0 Å². The molecule has 0 saturated carbocycles. The molecule has 1 amide bonds. The summed E-state index contributed by atoms with van der Waals surface area (Å²) in [5.74, 6) is 0. The van der Waals surface area contributed by atoms with Crippen molar-refractivity contribution < 1.29 is 9.53 Å². The predicted octanol–water partition coefficient (Wildman–Crippen LogP) is -0.871. The number of amides is 1. The Morgan fingerprint density at radius 2 is 2.60 bits per heavy atom. The number of carbonyl (C=O) groups is 1. The number of aromatic nitrogens is 3. The maximum Gasteiger partial charge on any atom is 0.412 e. The summed E-state index contributed by atoms with van der Waals surface area (Å²) in [5, 5.41) is 0. The number of hydrogen-bond acceptors (Lipinski definition) is 5. The zero-order chi connectivity index (χ0) is 7.40. The van der Waals surface area contributed by atoms with Gasteiger partial charge >= 0.3 is 12.1 Å². The molecule has 0 bridgehead atoms. The Morgan fingerprint density at radius 1 is 1.80 bits per heavy atom. The second-order valence-electron chi connectivity index (χ2n) is 1.29. The number of hydrogen-bond donors (Lipinski definition) is 1. The molecule has 0 saturated heterocycles. The van der Waals surface area contributed by atoms with E-state index in [1.807, 2.05) is 0 Å². The summed E-state index contributed by atoms with van der Waals surface area (Å²) < 4.78 is 4.26. The summed E-state index contributed by atoms with van der Waals surface area (Å²) in [6.45, 7) is 0. The van der Waals surface area contributed by atoms with Crippen LogP contribution >= 0.6 is 0 Å². The number of nitrogens with two attached hydrogens (primary N) is 1. The Hall–Kier alpha value is -1.72. The van der Waals surface area contributed by atoms with Gasteiger partial charge < -0.3 is 10.5 Å². The maximum atomic E-state index is 10.1. The van der Waals surface area contributed by atoms with Crippen LogP contribution in [0.25, 0.3) is 0 Å². The Morgan fingerprint density at radius 3 is 3.10 bits per heavy atom. The molecular weight excluding hydrogens is 136 g/mol. The first-order chi connectivity index (χ1) is 4.79. The molecule has 2 N–H and O–H groups in total. The maximum absolute atomic E-state index is 10.1. The summed E-state index contributed by atoms with van der Waals surface area (Å²) in [4.78, 5) is 20.2. The topological polar surface area (TPSA) is 91.0 Å². The number of primary amides is 1.